The molecule has 0 amide bonds. The first kappa shape index (κ1) is 14.5. The van der Waals surface area contributed by atoms with Crippen molar-refractivity contribution in [3.63, 3.8) is 0 Å². The lowest BCUT2D eigenvalue weighted by Gasteiger charge is -2.43. The maximum Gasteiger partial charge on any atom is 0.144 e. The van der Waals surface area contributed by atoms with Crippen LogP contribution in [-0.2, 0) is 4.74 Å². The molecule has 1 aromatic rings. The smallest absolute Gasteiger partial charge is 0.144 e. The van der Waals surface area contributed by atoms with Crippen molar-refractivity contribution in [3.05, 3.63) is 34.1 Å². The second-order valence-electron chi connectivity index (χ2n) is 5.88. The number of hydrogen-bond acceptors (Lipinski definition) is 4. The monoisotopic (exact) mass is 289 g/mol. The molecule has 112 valence electrons. The predicted molar refractivity (Wildman–Crippen MR) is 77.5 cm³/mol. The van der Waals surface area contributed by atoms with E-state index in [1.165, 1.54) is 0 Å². The first-order valence-electron chi connectivity index (χ1n) is 7.38. The standard InChI is InChI=1S/C16H20FN3O/c1-10-5-13(11(2)14(6-18)16(10)17)15-8-20-4-3-19-7-12(20)9-21-15/h5,12,15,19H,3-4,7-9H2,1-2H3/t12-,15?/m1/s1. The van der Waals surface area contributed by atoms with Gasteiger partial charge in [0, 0.05) is 32.2 Å². The van der Waals surface area contributed by atoms with E-state index in [1.807, 2.05) is 19.1 Å². The molecular weight excluding hydrogens is 269 g/mol. The summed E-state index contributed by atoms with van der Waals surface area (Å²) in [6.07, 6.45) is -0.0780. The first-order valence-corrected chi connectivity index (χ1v) is 7.38. The highest BCUT2D eigenvalue weighted by Gasteiger charge is 2.32. The van der Waals surface area contributed by atoms with E-state index in [2.05, 4.69) is 10.2 Å². The van der Waals surface area contributed by atoms with Crippen molar-refractivity contribution in [1.29, 1.82) is 5.26 Å². The fourth-order valence-electron chi connectivity index (χ4n) is 3.27. The Kier molecular flexibility index (Phi) is 3.94. The molecule has 1 aromatic carbocycles. The lowest BCUT2D eigenvalue weighted by atomic mass is 9.94. The fourth-order valence-corrected chi connectivity index (χ4v) is 3.27. The van der Waals surface area contributed by atoms with Gasteiger partial charge in [0.05, 0.1) is 18.3 Å². The lowest BCUT2D eigenvalue weighted by molar-refractivity contribution is -0.0720. The van der Waals surface area contributed by atoms with E-state index in [9.17, 15) is 9.65 Å². The summed E-state index contributed by atoms with van der Waals surface area (Å²) in [6.45, 7) is 7.96. The van der Waals surface area contributed by atoms with Gasteiger partial charge in [-0.25, -0.2) is 4.39 Å². The number of nitrogens with zero attached hydrogens (tertiary/aromatic N) is 2. The highest BCUT2D eigenvalue weighted by Crippen LogP contribution is 2.31. The number of hydrogen-bond donors (Lipinski definition) is 1. The van der Waals surface area contributed by atoms with Crippen LogP contribution in [0.25, 0.3) is 0 Å². The molecule has 0 saturated carbocycles. The Morgan fingerprint density at radius 3 is 3.05 bits per heavy atom. The molecule has 2 atom stereocenters. The van der Waals surface area contributed by atoms with E-state index in [4.69, 9.17) is 4.74 Å². The zero-order valence-electron chi connectivity index (χ0n) is 12.4. The average Bonchev–Trinajstić information content (AvgIpc) is 2.51. The van der Waals surface area contributed by atoms with Gasteiger partial charge in [-0.2, -0.15) is 5.26 Å². The van der Waals surface area contributed by atoms with Gasteiger partial charge < -0.3 is 10.1 Å². The number of halogens is 1. The molecule has 4 nitrogen and oxygen atoms in total. The van der Waals surface area contributed by atoms with Gasteiger partial charge in [-0.15, -0.1) is 0 Å². The summed E-state index contributed by atoms with van der Waals surface area (Å²) >= 11 is 0. The van der Waals surface area contributed by atoms with Crippen molar-refractivity contribution in [2.75, 3.05) is 32.8 Å². The molecule has 1 unspecified atom stereocenters. The van der Waals surface area contributed by atoms with Crippen LogP contribution >= 0.6 is 0 Å². The Bertz CT molecular complexity index is 596. The average molecular weight is 289 g/mol. The summed E-state index contributed by atoms with van der Waals surface area (Å²) in [7, 11) is 0. The summed E-state index contributed by atoms with van der Waals surface area (Å²) < 4.78 is 20.0. The van der Waals surface area contributed by atoms with Crippen LogP contribution in [0.5, 0.6) is 0 Å². The summed E-state index contributed by atoms with van der Waals surface area (Å²) in [5.41, 5.74) is 2.32. The Balaban J connectivity index is 1.91. The molecule has 2 saturated heterocycles. The molecular formula is C16H20FN3O. The molecule has 2 aliphatic heterocycles. The van der Waals surface area contributed by atoms with E-state index in [-0.39, 0.29) is 11.7 Å². The van der Waals surface area contributed by atoms with E-state index in [0.29, 0.717) is 23.8 Å². The molecule has 0 spiro atoms. The number of benzene rings is 1. The van der Waals surface area contributed by atoms with Crippen molar-refractivity contribution in [2.45, 2.75) is 26.0 Å². The van der Waals surface area contributed by atoms with Gasteiger partial charge in [0.1, 0.15) is 11.9 Å². The van der Waals surface area contributed by atoms with Crippen LogP contribution < -0.4 is 5.32 Å². The van der Waals surface area contributed by atoms with Crippen molar-refractivity contribution in [2.24, 2.45) is 0 Å². The third-order valence-corrected chi connectivity index (χ3v) is 4.57. The Morgan fingerprint density at radius 2 is 2.29 bits per heavy atom. The van der Waals surface area contributed by atoms with Crippen LogP contribution in [-0.4, -0.2) is 43.7 Å². The number of nitriles is 1. The number of morpholine rings is 1. The van der Waals surface area contributed by atoms with Crippen LogP contribution in [0.2, 0.25) is 0 Å². The third kappa shape index (κ3) is 2.55. The number of ether oxygens (including phenoxy) is 1. The summed E-state index contributed by atoms with van der Waals surface area (Å²) in [5, 5.41) is 12.6. The molecule has 2 aliphatic rings. The predicted octanol–water partition coefficient (Wildman–Crippen LogP) is 1.66. The van der Waals surface area contributed by atoms with Crippen molar-refractivity contribution < 1.29 is 9.13 Å². The molecule has 3 rings (SSSR count). The van der Waals surface area contributed by atoms with Gasteiger partial charge >= 0.3 is 0 Å². The number of piperazine rings is 1. The second kappa shape index (κ2) is 5.72. The minimum absolute atomic E-state index is 0.0780. The van der Waals surface area contributed by atoms with Crippen molar-refractivity contribution in [1.82, 2.24) is 10.2 Å². The van der Waals surface area contributed by atoms with Crippen LogP contribution in [0.3, 0.4) is 0 Å². The zero-order chi connectivity index (χ0) is 15.0. The van der Waals surface area contributed by atoms with E-state index in [0.717, 1.165) is 31.7 Å². The molecule has 2 heterocycles. The van der Waals surface area contributed by atoms with Gasteiger partial charge in [-0.3, -0.25) is 4.90 Å². The summed E-state index contributed by atoms with van der Waals surface area (Å²) in [6, 6.07) is 4.24. The largest absolute Gasteiger partial charge is 0.370 e. The van der Waals surface area contributed by atoms with E-state index in [1.54, 1.807) is 6.92 Å². The highest BCUT2D eigenvalue weighted by atomic mass is 19.1. The topological polar surface area (TPSA) is 48.3 Å². The molecule has 1 N–H and O–H groups in total. The Morgan fingerprint density at radius 1 is 1.48 bits per heavy atom. The number of rotatable bonds is 1. The summed E-state index contributed by atoms with van der Waals surface area (Å²) in [4.78, 5) is 2.43. The van der Waals surface area contributed by atoms with Crippen LogP contribution in [0.1, 0.15) is 28.4 Å². The minimum Gasteiger partial charge on any atom is -0.370 e. The van der Waals surface area contributed by atoms with Gasteiger partial charge in [-0.05, 0) is 30.5 Å². The number of aryl methyl sites for hydroxylation is 1. The zero-order valence-corrected chi connectivity index (χ0v) is 12.4. The minimum atomic E-state index is -0.408. The molecule has 0 aromatic heterocycles. The molecule has 0 aliphatic carbocycles. The van der Waals surface area contributed by atoms with Gasteiger partial charge in [-0.1, -0.05) is 6.07 Å². The SMILES string of the molecule is Cc1cc(C2CN3CCNC[C@@H]3CO2)c(C)c(C#N)c1F. The molecule has 21 heavy (non-hydrogen) atoms. The van der Waals surface area contributed by atoms with Gasteiger partial charge in [0.2, 0.25) is 0 Å². The fraction of sp³-hybridized carbons (Fsp3) is 0.562. The molecule has 2 fully saturated rings. The van der Waals surface area contributed by atoms with Crippen molar-refractivity contribution >= 4 is 0 Å². The third-order valence-electron chi connectivity index (χ3n) is 4.57. The maximum absolute atomic E-state index is 14.0. The molecule has 0 radical (unpaired) electrons. The van der Waals surface area contributed by atoms with Gasteiger partial charge in [0.25, 0.3) is 0 Å². The highest BCUT2D eigenvalue weighted by molar-refractivity contribution is 5.47. The van der Waals surface area contributed by atoms with Crippen molar-refractivity contribution in [3.8, 4) is 6.07 Å². The van der Waals surface area contributed by atoms with Crippen LogP contribution in [0, 0.1) is 31.0 Å². The maximum atomic E-state index is 14.0. The Hall–Kier alpha value is -1.48. The number of nitrogens with one attached hydrogen (secondary N) is 1. The lowest BCUT2D eigenvalue weighted by Crippen LogP contribution is -2.57. The quantitative estimate of drug-likeness (QED) is 0.854. The van der Waals surface area contributed by atoms with E-state index >= 15 is 0 Å². The molecule has 0 bridgehead atoms. The normalized spacial score (nSPS) is 26.2. The van der Waals surface area contributed by atoms with Gasteiger partial charge in [0.15, 0.2) is 0 Å². The first-order chi connectivity index (χ1) is 10.1. The Labute approximate surface area is 124 Å². The van der Waals surface area contributed by atoms with Crippen LogP contribution in [0.15, 0.2) is 6.07 Å². The number of fused-ring (bicyclic) bond motifs is 1. The second-order valence-corrected chi connectivity index (χ2v) is 5.88. The van der Waals surface area contributed by atoms with E-state index < -0.39 is 5.82 Å². The molecule has 5 heteroatoms. The summed E-state index contributed by atoms with van der Waals surface area (Å²) in [5.74, 6) is -0.408. The van der Waals surface area contributed by atoms with Crippen LogP contribution in [0.4, 0.5) is 4.39 Å².